The van der Waals surface area contributed by atoms with E-state index in [1.807, 2.05) is 6.08 Å². The van der Waals surface area contributed by atoms with Crippen LogP contribution in [0.5, 0.6) is 0 Å². The number of esters is 3. The zero-order valence-electron chi connectivity index (χ0n) is 23.8. The largest absolute Gasteiger partial charge is 0.466 e. The van der Waals surface area contributed by atoms with Gasteiger partial charge in [-0.25, -0.2) is 0 Å². The molecule has 0 heterocycles. The van der Waals surface area contributed by atoms with Gasteiger partial charge in [-0.2, -0.15) is 0 Å². The van der Waals surface area contributed by atoms with Crippen LogP contribution in [0.15, 0.2) is 23.5 Å². The van der Waals surface area contributed by atoms with Crippen molar-refractivity contribution in [1.29, 1.82) is 0 Å². The average Bonchev–Trinajstić information content (AvgIpc) is 3.12. The average molecular weight is 523 g/mol. The van der Waals surface area contributed by atoms with Gasteiger partial charge in [0.15, 0.2) is 0 Å². The lowest BCUT2D eigenvalue weighted by atomic mass is 9.92. The third-order valence-electron chi connectivity index (χ3n) is 6.70. The summed E-state index contributed by atoms with van der Waals surface area (Å²) in [6.45, 7) is 9.62. The summed E-state index contributed by atoms with van der Waals surface area (Å²) in [6.07, 6.45) is 13.6. The van der Waals surface area contributed by atoms with Gasteiger partial charge in [0.1, 0.15) is 11.9 Å². The fraction of sp³-hybridized carbons (Fsp3) is 0.767. The highest BCUT2D eigenvalue weighted by atomic mass is 16.6. The molecule has 0 fully saturated rings. The maximum atomic E-state index is 11.8. The molecule has 4 atom stereocenters. The Morgan fingerprint density at radius 1 is 1.00 bits per heavy atom. The van der Waals surface area contributed by atoms with Crippen LogP contribution in [0, 0.1) is 11.8 Å². The highest BCUT2D eigenvalue weighted by Gasteiger charge is 2.37. The first-order valence-corrected chi connectivity index (χ1v) is 14.3. The van der Waals surface area contributed by atoms with Crippen molar-refractivity contribution < 1.29 is 33.7 Å². The van der Waals surface area contributed by atoms with Crippen LogP contribution in [-0.4, -0.2) is 41.8 Å². The van der Waals surface area contributed by atoms with Crippen LogP contribution in [-0.2, 0) is 28.6 Å². The van der Waals surface area contributed by atoms with Gasteiger partial charge in [-0.15, -0.1) is 0 Å². The molecule has 1 N–H and O–H groups in total. The van der Waals surface area contributed by atoms with Gasteiger partial charge in [0.05, 0.1) is 12.7 Å². The number of hydrogen-bond acceptors (Lipinski definition) is 7. The predicted molar refractivity (Wildman–Crippen MR) is 144 cm³/mol. The Labute approximate surface area is 224 Å². The normalized spacial score (nSPS) is 19.2. The molecule has 0 aromatic rings. The zero-order valence-corrected chi connectivity index (χ0v) is 23.8. The summed E-state index contributed by atoms with van der Waals surface area (Å²) in [6, 6.07) is 0. The molecule has 7 heteroatoms. The third kappa shape index (κ3) is 14.4. The van der Waals surface area contributed by atoms with Gasteiger partial charge >= 0.3 is 17.9 Å². The van der Waals surface area contributed by atoms with E-state index in [4.69, 9.17) is 14.2 Å². The van der Waals surface area contributed by atoms with Crippen LogP contribution in [0.4, 0.5) is 0 Å². The van der Waals surface area contributed by atoms with Gasteiger partial charge in [-0.1, -0.05) is 71.4 Å². The molecule has 0 spiro atoms. The van der Waals surface area contributed by atoms with Gasteiger partial charge in [0.25, 0.3) is 0 Å². The lowest BCUT2D eigenvalue weighted by Gasteiger charge is -2.20. The van der Waals surface area contributed by atoms with Crippen LogP contribution in [0.25, 0.3) is 0 Å². The first-order chi connectivity index (χ1) is 17.7. The fourth-order valence-electron chi connectivity index (χ4n) is 4.76. The Kier molecular flexibility index (Phi) is 16.9. The predicted octanol–water partition coefficient (Wildman–Crippen LogP) is 6.57. The molecule has 0 bridgehead atoms. The van der Waals surface area contributed by atoms with Crippen LogP contribution >= 0.6 is 0 Å². The molecule has 212 valence electrons. The zero-order chi connectivity index (χ0) is 27.6. The number of hydrogen-bond donors (Lipinski definition) is 1. The van der Waals surface area contributed by atoms with E-state index < -0.39 is 18.2 Å². The van der Waals surface area contributed by atoms with Crippen LogP contribution < -0.4 is 0 Å². The van der Waals surface area contributed by atoms with Crippen molar-refractivity contribution in [3.05, 3.63) is 23.5 Å². The van der Waals surface area contributed by atoms with Crippen molar-refractivity contribution in [2.45, 2.75) is 130 Å². The summed E-state index contributed by atoms with van der Waals surface area (Å²) in [5, 5.41) is 10.6. The van der Waals surface area contributed by atoms with E-state index in [0.29, 0.717) is 44.0 Å². The number of carbonyl (C=O) groups excluding carboxylic acids is 3. The lowest BCUT2D eigenvalue weighted by molar-refractivity contribution is -0.147. The molecule has 0 saturated heterocycles. The second-order valence-electron chi connectivity index (χ2n) is 10.3. The third-order valence-corrected chi connectivity index (χ3v) is 6.70. The molecule has 7 nitrogen and oxygen atoms in total. The number of rotatable bonds is 19. The monoisotopic (exact) mass is 522 g/mol. The van der Waals surface area contributed by atoms with Gasteiger partial charge in [0, 0.05) is 32.6 Å². The Balaban J connectivity index is 2.77. The summed E-state index contributed by atoms with van der Waals surface area (Å²) in [5.41, 5.74) is 0.947. The Hall–Kier alpha value is -2.15. The number of aliphatic hydroxyl groups is 1. The van der Waals surface area contributed by atoms with E-state index in [2.05, 4.69) is 20.8 Å². The molecule has 0 saturated carbocycles. The lowest BCUT2D eigenvalue weighted by Crippen LogP contribution is -2.22. The molecule has 37 heavy (non-hydrogen) atoms. The quantitative estimate of drug-likeness (QED) is 0.0886. The molecule has 0 aromatic heterocycles. The smallest absolute Gasteiger partial charge is 0.307 e. The molecule has 0 aromatic carbocycles. The maximum absolute atomic E-state index is 11.8. The topological polar surface area (TPSA) is 99.1 Å². The minimum Gasteiger partial charge on any atom is -0.466 e. The number of unbranched alkanes of at least 4 members (excludes halogenated alkanes) is 5. The summed E-state index contributed by atoms with van der Waals surface area (Å²) in [7, 11) is 0. The number of carbonyl (C=O) groups is 3. The Bertz CT molecular complexity index is 755. The van der Waals surface area contributed by atoms with Gasteiger partial charge in [0.2, 0.25) is 0 Å². The molecule has 1 aliphatic carbocycles. The minimum atomic E-state index is -0.582. The van der Waals surface area contributed by atoms with Gasteiger partial charge < -0.3 is 19.3 Å². The van der Waals surface area contributed by atoms with Crippen LogP contribution in [0.2, 0.25) is 0 Å². The molecular weight excluding hydrogens is 472 g/mol. The first kappa shape index (κ1) is 32.9. The van der Waals surface area contributed by atoms with E-state index in [1.165, 1.54) is 13.8 Å². The van der Waals surface area contributed by atoms with Crippen molar-refractivity contribution >= 4 is 17.9 Å². The highest BCUT2D eigenvalue weighted by Crippen LogP contribution is 2.39. The van der Waals surface area contributed by atoms with Crippen molar-refractivity contribution in [2.75, 3.05) is 6.61 Å². The Morgan fingerprint density at radius 3 is 2.35 bits per heavy atom. The highest BCUT2D eigenvalue weighted by molar-refractivity contribution is 5.69. The van der Waals surface area contributed by atoms with Gasteiger partial charge in [-0.3, -0.25) is 14.4 Å². The molecule has 0 amide bonds. The number of ether oxygens (including phenoxy) is 3. The first-order valence-electron chi connectivity index (χ1n) is 14.3. The fourth-order valence-corrected chi connectivity index (χ4v) is 4.76. The SMILES string of the molecule is CCCCOC(=O)CCCCCCC1=C(OC(C)=O)C[C@@H](OC(C)=O)[C@@H]1/C=C/[C@@H](O)C[C@@H](C)CCCC. The van der Waals surface area contributed by atoms with Crippen molar-refractivity contribution in [3.63, 3.8) is 0 Å². The molecular formula is C30H50O7. The minimum absolute atomic E-state index is 0.138. The van der Waals surface area contributed by atoms with E-state index in [1.54, 1.807) is 6.08 Å². The summed E-state index contributed by atoms with van der Waals surface area (Å²) >= 11 is 0. The standard InChI is InChI=1S/C30H50O7/c1-6-8-14-22(3)20-25(33)17-18-27-26(28(36-23(4)31)21-29(27)37-24(5)32)15-12-10-11-13-16-30(34)35-19-9-7-2/h17-18,22,25,27,29,33H,6-16,19-21H2,1-5H3/b18-17+/t22-,25+,27+,29+/m0/s1. The van der Waals surface area contributed by atoms with Gasteiger partial charge in [-0.05, 0) is 43.6 Å². The second kappa shape index (κ2) is 19.0. The summed E-state index contributed by atoms with van der Waals surface area (Å²) < 4.78 is 16.3. The molecule has 0 radical (unpaired) electrons. The van der Waals surface area contributed by atoms with Crippen LogP contribution in [0.1, 0.15) is 118 Å². The number of aliphatic hydroxyl groups excluding tert-OH is 1. The molecule has 0 unspecified atom stereocenters. The summed E-state index contributed by atoms with van der Waals surface area (Å²) in [4.78, 5) is 35.3. The maximum Gasteiger partial charge on any atom is 0.307 e. The van der Waals surface area contributed by atoms with E-state index in [-0.39, 0.29) is 17.9 Å². The van der Waals surface area contributed by atoms with Crippen molar-refractivity contribution in [2.24, 2.45) is 11.8 Å². The van der Waals surface area contributed by atoms with E-state index in [9.17, 15) is 19.5 Å². The Morgan fingerprint density at radius 2 is 1.70 bits per heavy atom. The second-order valence-corrected chi connectivity index (χ2v) is 10.3. The molecule has 1 aliphatic rings. The van der Waals surface area contributed by atoms with E-state index in [0.717, 1.165) is 63.4 Å². The van der Waals surface area contributed by atoms with Crippen molar-refractivity contribution in [3.8, 4) is 0 Å². The van der Waals surface area contributed by atoms with Crippen molar-refractivity contribution in [1.82, 2.24) is 0 Å². The molecule has 1 rings (SSSR count). The van der Waals surface area contributed by atoms with E-state index >= 15 is 0 Å². The molecule has 0 aliphatic heterocycles. The van der Waals surface area contributed by atoms with Crippen LogP contribution in [0.3, 0.4) is 0 Å². The summed E-state index contributed by atoms with van der Waals surface area (Å²) in [5.74, 6) is -0.174.